The molecule has 0 bridgehead atoms. The summed E-state index contributed by atoms with van der Waals surface area (Å²) in [4.78, 5) is 19.1. The van der Waals surface area contributed by atoms with Crippen LogP contribution in [0.5, 0.6) is 0 Å². The van der Waals surface area contributed by atoms with Crippen LogP contribution >= 0.6 is 22.7 Å². The van der Waals surface area contributed by atoms with Gasteiger partial charge in [-0.3, -0.25) is 9.20 Å². The summed E-state index contributed by atoms with van der Waals surface area (Å²) in [5, 5.41) is 14.8. The Morgan fingerprint density at radius 3 is 3.00 bits per heavy atom. The number of carbonyl (C=O) groups excluding carboxylic acids is 1. The highest BCUT2D eigenvalue weighted by Gasteiger charge is 2.16. The number of benzene rings is 1. The molecule has 0 saturated carbocycles. The van der Waals surface area contributed by atoms with Gasteiger partial charge in [0.2, 0.25) is 0 Å². The molecule has 0 saturated heterocycles. The highest BCUT2D eigenvalue weighted by molar-refractivity contribution is 7.21. The van der Waals surface area contributed by atoms with Crippen LogP contribution in [0.4, 0.5) is 0 Å². The number of nitrogens with zero attached hydrogens (tertiary/aromatic N) is 2. The van der Waals surface area contributed by atoms with E-state index in [0.29, 0.717) is 4.88 Å². The highest BCUT2D eigenvalue weighted by atomic mass is 32.1. The van der Waals surface area contributed by atoms with E-state index in [4.69, 9.17) is 0 Å². The van der Waals surface area contributed by atoms with Gasteiger partial charge in [-0.1, -0.05) is 30.3 Å². The van der Waals surface area contributed by atoms with Crippen LogP contribution in [0.15, 0.2) is 48.0 Å². The minimum Gasteiger partial charge on any atom is -0.387 e. The maximum absolute atomic E-state index is 12.3. The molecule has 116 valence electrons. The number of fused-ring (bicyclic) bond motifs is 3. The molecule has 23 heavy (non-hydrogen) atoms. The molecule has 7 heteroatoms. The topological polar surface area (TPSA) is 66.6 Å². The average Bonchev–Trinajstić information content (AvgIpc) is 3.24. The lowest BCUT2D eigenvalue weighted by Crippen LogP contribution is -2.27. The molecule has 0 aliphatic rings. The lowest BCUT2D eigenvalue weighted by Gasteiger charge is -2.11. The largest absolute Gasteiger partial charge is 0.387 e. The maximum atomic E-state index is 12.3. The molecule has 3 aromatic heterocycles. The van der Waals surface area contributed by atoms with Crippen LogP contribution in [0.3, 0.4) is 0 Å². The van der Waals surface area contributed by atoms with E-state index in [2.05, 4.69) is 10.3 Å². The summed E-state index contributed by atoms with van der Waals surface area (Å²) in [6.45, 7) is 0.180. The second kappa shape index (κ2) is 5.77. The van der Waals surface area contributed by atoms with Gasteiger partial charge in [-0.25, -0.2) is 4.98 Å². The lowest BCUT2D eigenvalue weighted by molar-refractivity contribution is 0.0920. The van der Waals surface area contributed by atoms with Crippen LogP contribution < -0.4 is 5.32 Å². The summed E-state index contributed by atoms with van der Waals surface area (Å²) in [5.41, 5.74) is 1.73. The molecular formula is C16H13N3O2S2. The number of rotatable bonds is 4. The molecule has 1 aromatic carbocycles. The molecule has 0 spiro atoms. The third-order valence-electron chi connectivity index (χ3n) is 3.60. The van der Waals surface area contributed by atoms with Gasteiger partial charge in [0.1, 0.15) is 4.83 Å². The monoisotopic (exact) mass is 343 g/mol. The fraction of sp³-hybridized carbons (Fsp3) is 0.125. The van der Waals surface area contributed by atoms with Crippen LogP contribution in [-0.2, 0) is 0 Å². The van der Waals surface area contributed by atoms with Crippen molar-refractivity contribution in [2.24, 2.45) is 0 Å². The number of thiophene rings is 1. The molecule has 4 aromatic rings. The zero-order valence-corrected chi connectivity index (χ0v) is 13.6. The SMILES string of the molecule is O=C(NC[C@H](O)c1ccccc1)c1cc2c(nc3sccn32)s1. The Balaban J connectivity index is 1.49. The van der Waals surface area contributed by atoms with E-state index in [9.17, 15) is 9.90 Å². The van der Waals surface area contributed by atoms with Gasteiger partial charge in [-0.05, 0) is 11.6 Å². The number of aliphatic hydroxyl groups is 1. The molecule has 5 nitrogen and oxygen atoms in total. The lowest BCUT2D eigenvalue weighted by atomic mass is 10.1. The van der Waals surface area contributed by atoms with Crippen molar-refractivity contribution in [3.63, 3.8) is 0 Å². The van der Waals surface area contributed by atoms with Gasteiger partial charge in [-0.2, -0.15) is 0 Å². The van der Waals surface area contributed by atoms with Gasteiger partial charge in [-0.15, -0.1) is 22.7 Å². The molecule has 1 atom stereocenters. The number of thiazole rings is 1. The van der Waals surface area contributed by atoms with Gasteiger partial charge in [0.05, 0.1) is 16.5 Å². The summed E-state index contributed by atoms with van der Waals surface area (Å²) in [5.74, 6) is -0.188. The number of hydrogen-bond donors (Lipinski definition) is 2. The third-order valence-corrected chi connectivity index (χ3v) is 5.38. The normalized spacial score (nSPS) is 12.7. The molecule has 2 N–H and O–H groups in total. The second-order valence-electron chi connectivity index (χ2n) is 5.10. The standard InChI is InChI=1S/C16H13N3O2S2/c20-12(10-4-2-1-3-5-10)9-17-14(21)13-8-11-15(23-13)18-16-19(11)6-7-22-16/h1-8,12,20H,9H2,(H,17,21)/t12-/m0/s1. The van der Waals surface area contributed by atoms with E-state index in [-0.39, 0.29) is 12.5 Å². The van der Waals surface area contributed by atoms with Crippen molar-refractivity contribution < 1.29 is 9.90 Å². The molecule has 4 rings (SSSR count). The Morgan fingerprint density at radius 1 is 1.35 bits per heavy atom. The van der Waals surface area contributed by atoms with E-state index in [1.165, 1.54) is 11.3 Å². The van der Waals surface area contributed by atoms with Crippen molar-refractivity contribution in [3.8, 4) is 0 Å². The molecule has 0 aliphatic heterocycles. The first kappa shape index (κ1) is 14.4. The van der Waals surface area contributed by atoms with E-state index < -0.39 is 6.10 Å². The van der Waals surface area contributed by atoms with Crippen molar-refractivity contribution in [2.45, 2.75) is 6.10 Å². The van der Waals surface area contributed by atoms with E-state index >= 15 is 0 Å². The Hall–Kier alpha value is -2.22. The van der Waals surface area contributed by atoms with Crippen molar-refractivity contribution >= 4 is 43.9 Å². The smallest absolute Gasteiger partial charge is 0.261 e. The number of amides is 1. The summed E-state index contributed by atoms with van der Waals surface area (Å²) >= 11 is 2.93. The number of aliphatic hydroxyl groups excluding tert-OH is 1. The second-order valence-corrected chi connectivity index (χ2v) is 7.01. The van der Waals surface area contributed by atoms with Crippen molar-refractivity contribution in [1.82, 2.24) is 14.7 Å². The minimum atomic E-state index is -0.713. The third kappa shape index (κ3) is 2.63. The van der Waals surface area contributed by atoms with Gasteiger partial charge >= 0.3 is 0 Å². The van der Waals surface area contributed by atoms with Gasteiger partial charge < -0.3 is 10.4 Å². The molecule has 0 aliphatic carbocycles. The summed E-state index contributed by atoms with van der Waals surface area (Å²) in [6, 6.07) is 11.1. The van der Waals surface area contributed by atoms with E-state index in [1.807, 2.05) is 52.4 Å². The fourth-order valence-electron chi connectivity index (χ4n) is 2.43. The van der Waals surface area contributed by atoms with E-state index in [0.717, 1.165) is 20.9 Å². The zero-order chi connectivity index (χ0) is 15.8. The maximum Gasteiger partial charge on any atom is 0.261 e. The molecular weight excluding hydrogens is 330 g/mol. The van der Waals surface area contributed by atoms with Crippen molar-refractivity contribution in [2.75, 3.05) is 6.54 Å². The Labute approximate surface area is 139 Å². The Kier molecular flexibility index (Phi) is 3.60. The summed E-state index contributed by atoms with van der Waals surface area (Å²) in [6.07, 6.45) is 1.23. The average molecular weight is 343 g/mol. The van der Waals surface area contributed by atoms with Crippen molar-refractivity contribution in [1.29, 1.82) is 0 Å². The molecule has 0 fully saturated rings. The quantitative estimate of drug-likeness (QED) is 0.598. The minimum absolute atomic E-state index is 0.180. The summed E-state index contributed by atoms with van der Waals surface area (Å²) < 4.78 is 1.98. The first-order valence-electron chi connectivity index (χ1n) is 7.08. The van der Waals surface area contributed by atoms with Gasteiger partial charge in [0, 0.05) is 18.1 Å². The zero-order valence-electron chi connectivity index (χ0n) is 12.0. The summed E-state index contributed by atoms with van der Waals surface area (Å²) in [7, 11) is 0. The first-order valence-corrected chi connectivity index (χ1v) is 8.78. The Morgan fingerprint density at radius 2 is 2.17 bits per heavy atom. The van der Waals surface area contributed by atoms with Crippen LogP contribution in [-0.4, -0.2) is 26.9 Å². The number of nitrogens with one attached hydrogen (secondary N) is 1. The van der Waals surface area contributed by atoms with Gasteiger partial charge in [0.25, 0.3) is 5.91 Å². The molecule has 1 amide bonds. The van der Waals surface area contributed by atoms with E-state index in [1.54, 1.807) is 11.3 Å². The van der Waals surface area contributed by atoms with Crippen LogP contribution in [0.1, 0.15) is 21.3 Å². The predicted octanol–water partition coefficient (Wildman–Crippen LogP) is 3.07. The predicted molar refractivity (Wildman–Crippen MR) is 92.2 cm³/mol. The van der Waals surface area contributed by atoms with Gasteiger partial charge in [0.15, 0.2) is 4.96 Å². The highest BCUT2D eigenvalue weighted by Crippen LogP contribution is 2.28. The van der Waals surface area contributed by atoms with Crippen LogP contribution in [0.2, 0.25) is 0 Å². The van der Waals surface area contributed by atoms with Crippen LogP contribution in [0.25, 0.3) is 15.3 Å². The Bertz CT molecular complexity index is 971. The molecule has 0 radical (unpaired) electrons. The number of imidazole rings is 1. The van der Waals surface area contributed by atoms with Crippen LogP contribution in [0, 0.1) is 0 Å². The number of hydrogen-bond acceptors (Lipinski definition) is 5. The number of aromatic nitrogens is 2. The van der Waals surface area contributed by atoms with Crippen molar-refractivity contribution in [3.05, 3.63) is 58.4 Å². The number of carbonyl (C=O) groups is 1. The molecule has 3 heterocycles. The fourth-order valence-corrected chi connectivity index (χ4v) is 4.15. The first-order chi connectivity index (χ1) is 11.2. The molecule has 0 unspecified atom stereocenters.